The number of nitrogen functional groups attached to an aromatic ring is 1. The quantitative estimate of drug-likeness (QED) is 0.455. The summed E-state index contributed by atoms with van der Waals surface area (Å²) < 4.78 is 0. The second-order valence-electron chi connectivity index (χ2n) is 4.08. The lowest BCUT2D eigenvalue weighted by Gasteiger charge is -2.04. The molecule has 0 bridgehead atoms. The lowest BCUT2D eigenvalue weighted by Crippen LogP contribution is -1.88. The number of aromatic nitrogens is 1. The van der Waals surface area contributed by atoms with Crippen molar-refractivity contribution in [3.05, 3.63) is 48.0 Å². The number of pyridine rings is 1. The van der Waals surface area contributed by atoms with Crippen molar-refractivity contribution in [3.63, 3.8) is 0 Å². The number of nitrogens with zero attached hydrogens (tertiary/aromatic N) is 1. The maximum atomic E-state index is 5.76. The molecule has 0 saturated heterocycles. The minimum atomic E-state index is 0.756. The van der Waals surface area contributed by atoms with Gasteiger partial charge in [0.25, 0.3) is 0 Å². The van der Waals surface area contributed by atoms with Crippen LogP contribution in [0.1, 0.15) is 5.56 Å². The van der Waals surface area contributed by atoms with Crippen molar-refractivity contribution in [2.24, 2.45) is 0 Å². The molecule has 0 unspecified atom stereocenters. The van der Waals surface area contributed by atoms with E-state index in [9.17, 15) is 0 Å². The van der Waals surface area contributed by atoms with Gasteiger partial charge in [0.15, 0.2) is 0 Å². The third kappa shape index (κ3) is 1.31. The minimum Gasteiger partial charge on any atom is -0.399 e. The van der Waals surface area contributed by atoms with Crippen molar-refractivity contribution < 1.29 is 0 Å². The maximum absolute atomic E-state index is 5.76. The molecule has 2 nitrogen and oxygen atoms in total. The second kappa shape index (κ2) is 3.20. The lowest BCUT2D eigenvalue weighted by molar-refractivity contribution is 1.46. The van der Waals surface area contributed by atoms with Gasteiger partial charge >= 0.3 is 0 Å². The van der Waals surface area contributed by atoms with E-state index in [1.165, 1.54) is 10.9 Å². The fourth-order valence-corrected chi connectivity index (χ4v) is 2.02. The zero-order valence-corrected chi connectivity index (χ0v) is 9.07. The molecule has 1 heterocycles. The molecule has 2 N–H and O–H groups in total. The van der Waals surface area contributed by atoms with Gasteiger partial charge in [-0.25, -0.2) is 4.98 Å². The van der Waals surface area contributed by atoms with E-state index >= 15 is 0 Å². The number of rotatable bonds is 0. The molecule has 78 valence electrons. The summed E-state index contributed by atoms with van der Waals surface area (Å²) in [6.45, 7) is 2.10. The van der Waals surface area contributed by atoms with Gasteiger partial charge in [-0.3, -0.25) is 0 Å². The Labute approximate surface area is 93.7 Å². The summed E-state index contributed by atoms with van der Waals surface area (Å²) in [5.41, 5.74) is 9.75. The Morgan fingerprint density at radius 1 is 1.00 bits per heavy atom. The molecule has 2 aromatic carbocycles. The zero-order valence-electron chi connectivity index (χ0n) is 9.07. The Morgan fingerprint density at radius 3 is 2.75 bits per heavy atom. The van der Waals surface area contributed by atoms with E-state index in [-0.39, 0.29) is 0 Å². The minimum absolute atomic E-state index is 0.756. The predicted molar refractivity (Wildman–Crippen MR) is 68.4 cm³/mol. The van der Waals surface area contributed by atoms with Crippen molar-refractivity contribution in [2.45, 2.75) is 6.92 Å². The molecule has 16 heavy (non-hydrogen) atoms. The smallest absolute Gasteiger partial charge is 0.0730 e. The maximum Gasteiger partial charge on any atom is 0.0730 e. The molecule has 0 aliphatic heterocycles. The van der Waals surface area contributed by atoms with Gasteiger partial charge in [-0.2, -0.15) is 0 Å². The van der Waals surface area contributed by atoms with Gasteiger partial charge in [-0.1, -0.05) is 18.2 Å². The van der Waals surface area contributed by atoms with Crippen LogP contribution in [0.15, 0.2) is 42.5 Å². The molecule has 0 aliphatic rings. The first-order valence-electron chi connectivity index (χ1n) is 5.30. The molecule has 0 aliphatic carbocycles. The van der Waals surface area contributed by atoms with E-state index in [0.717, 1.165) is 22.1 Å². The predicted octanol–water partition coefficient (Wildman–Crippen LogP) is 3.28. The fraction of sp³-hybridized carbons (Fsp3) is 0.0714. The highest BCUT2D eigenvalue weighted by Gasteiger charge is 2.01. The van der Waals surface area contributed by atoms with Gasteiger partial charge in [0, 0.05) is 16.5 Å². The third-order valence-electron chi connectivity index (χ3n) is 2.90. The van der Waals surface area contributed by atoms with Gasteiger partial charge in [-0.15, -0.1) is 0 Å². The van der Waals surface area contributed by atoms with Gasteiger partial charge in [0.1, 0.15) is 0 Å². The summed E-state index contributed by atoms with van der Waals surface area (Å²) >= 11 is 0. The van der Waals surface area contributed by atoms with Gasteiger partial charge in [0.2, 0.25) is 0 Å². The first-order valence-corrected chi connectivity index (χ1v) is 5.30. The van der Waals surface area contributed by atoms with E-state index in [1.54, 1.807) is 0 Å². The number of hydrogen-bond acceptors (Lipinski definition) is 2. The van der Waals surface area contributed by atoms with Crippen LogP contribution < -0.4 is 5.73 Å². The van der Waals surface area contributed by atoms with Gasteiger partial charge in [0.05, 0.1) is 11.0 Å². The van der Waals surface area contributed by atoms with Crippen LogP contribution in [0.4, 0.5) is 5.69 Å². The molecule has 0 atom stereocenters. The molecular formula is C14H12N2. The highest BCUT2D eigenvalue weighted by molar-refractivity contribution is 5.95. The van der Waals surface area contributed by atoms with Crippen molar-refractivity contribution in [1.82, 2.24) is 4.98 Å². The number of aryl methyl sites for hydroxylation is 1. The van der Waals surface area contributed by atoms with E-state index in [1.807, 2.05) is 30.3 Å². The number of anilines is 1. The number of nitrogens with two attached hydrogens (primary N) is 1. The normalized spacial score (nSPS) is 11.1. The molecule has 0 saturated carbocycles. The molecule has 0 fully saturated rings. The highest BCUT2D eigenvalue weighted by Crippen LogP contribution is 2.23. The van der Waals surface area contributed by atoms with Gasteiger partial charge < -0.3 is 5.73 Å². The first-order chi connectivity index (χ1) is 7.74. The van der Waals surface area contributed by atoms with E-state index < -0.39 is 0 Å². The van der Waals surface area contributed by atoms with Crippen molar-refractivity contribution in [1.29, 1.82) is 0 Å². The van der Waals surface area contributed by atoms with Gasteiger partial charge in [-0.05, 0) is 36.8 Å². The monoisotopic (exact) mass is 208 g/mol. The Kier molecular flexibility index (Phi) is 1.83. The van der Waals surface area contributed by atoms with Crippen LogP contribution in [0, 0.1) is 6.92 Å². The van der Waals surface area contributed by atoms with Crippen LogP contribution in [0.25, 0.3) is 21.8 Å². The molecule has 3 aromatic rings. The molecule has 0 spiro atoms. The topological polar surface area (TPSA) is 38.9 Å². The second-order valence-corrected chi connectivity index (χ2v) is 4.08. The summed E-state index contributed by atoms with van der Waals surface area (Å²) in [6.07, 6.45) is 0. The van der Waals surface area contributed by atoms with E-state index in [0.29, 0.717) is 0 Å². The lowest BCUT2D eigenvalue weighted by atomic mass is 10.1. The SMILES string of the molecule is Cc1cccc2nc3cc(N)ccc3cc12. The average molecular weight is 208 g/mol. The first kappa shape index (κ1) is 9.16. The molecule has 2 heteroatoms. The summed E-state index contributed by atoms with van der Waals surface area (Å²) in [6, 6.07) is 14.2. The van der Waals surface area contributed by atoms with Crippen LogP contribution >= 0.6 is 0 Å². The summed E-state index contributed by atoms with van der Waals surface area (Å²) in [5.74, 6) is 0. The van der Waals surface area contributed by atoms with Crippen LogP contribution in [-0.2, 0) is 0 Å². The Balaban J connectivity index is 2.49. The summed E-state index contributed by atoms with van der Waals surface area (Å²) in [7, 11) is 0. The molecule has 0 radical (unpaired) electrons. The molecular weight excluding hydrogens is 196 g/mol. The third-order valence-corrected chi connectivity index (χ3v) is 2.90. The zero-order chi connectivity index (χ0) is 11.1. The Morgan fingerprint density at radius 2 is 1.88 bits per heavy atom. The molecule has 1 aromatic heterocycles. The number of hydrogen-bond donors (Lipinski definition) is 1. The number of benzene rings is 2. The van der Waals surface area contributed by atoms with Crippen LogP contribution in [-0.4, -0.2) is 4.98 Å². The summed E-state index contributed by atoms with van der Waals surface area (Å²) in [4.78, 5) is 4.62. The van der Waals surface area contributed by atoms with E-state index in [4.69, 9.17) is 5.73 Å². The van der Waals surface area contributed by atoms with Crippen LogP contribution in [0.3, 0.4) is 0 Å². The molecule has 3 rings (SSSR count). The Bertz CT molecular complexity index is 686. The summed E-state index contributed by atoms with van der Waals surface area (Å²) in [5, 5.41) is 2.34. The van der Waals surface area contributed by atoms with Crippen molar-refractivity contribution in [2.75, 3.05) is 5.73 Å². The van der Waals surface area contributed by atoms with E-state index in [2.05, 4.69) is 24.0 Å². The Hall–Kier alpha value is -2.09. The van der Waals surface area contributed by atoms with Crippen LogP contribution in [0.2, 0.25) is 0 Å². The standard InChI is InChI=1S/C14H12N2/c1-9-3-2-4-13-12(9)7-10-5-6-11(15)8-14(10)16-13/h2-8H,15H2,1H3. The fourth-order valence-electron chi connectivity index (χ4n) is 2.02. The average Bonchev–Trinajstić information content (AvgIpc) is 2.27. The van der Waals surface area contributed by atoms with Crippen molar-refractivity contribution in [3.8, 4) is 0 Å². The van der Waals surface area contributed by atoms with Crippen molar-refractivity contribution >= 4 is 27.5 Å². The number of fused-ring (bicyclic) bond motifs is 2. The van der Waals surface area contributed by atoms with Crippen LogP contribution in [0.5, 0.6) is 0 Å². The largest absolute Gasteiger partial charge is 0.399 e. The highest BCUT2D eigenvalue weighted by atomic mass is 14.7. The molecule has 0 amide bonds.